The molecule has 1 N–H and O–H groups in total. The lowest BCUT2D eigenvalue weighted by Crippen LogP contribution is -2.39. The molecule has 0 unspecified atom stereocenters. The van der Waals surface area contributed by atoms with Gasteiger partial charge in [0.15, 0.2) is 0 Å². The van der Waals surface area contributed by atoms with Crippen molar-refractivity contribution < 1.29 is 4.79 Å². The van der Waals surface area contributed by atoms with E-state index >= 15 is 0 Å². The fourth-order valence-electron chi connectivity index (χ4n) is 3.08. The Bertz CT molecular complexity index is 304. The highest BCUT2D eigenvalue weighted by atomic mass is 16.1. The van der Waals surface area contributed by atoms with Gasteiger partial charge in [-0.25, -0.2) is 0 Å². The summed E-state index contributed by atoms with van der Waals surface area (Å²) in [5, 5.41) is 2.95. The van der Waals surface area contributed by atoms with Crippen LogP contribution in [0.15, 0.2) is 11.6 Å². The highest BCUT2D eigenvalue weighted by Crippen LogP contribution is 2.23. The first-order chi connectivity index (χ1) is 8.75. The van der Waals surface area contributed by atoms with Crippen LogP contribution in [0.2, 0.25) is 0 Å². The maximum absolute atomic E-state index is 11.0. The van der Waals surface area contributed by atoms with Crippen molar-refractivity contribution in [1.29, 1.82) is 0 Å². The van der Waals surface area contributed by atoms with Crippen LogP contribution >= 0.6 is 0 Å². The van der Waals surface area contributed by atoms with Gasteiger partial charge >= 0.3 is 0 Å². The van der Waals surface area contributed by atoms with E-state index in [0.29, 0.717) is 6.04 Å². The molecule has 3 nitrogen and oxygen atoms in total. The molecule has 2 aliphatic rings. The number of nitrogens with zero attached hydrogens (tertiary/aromatic N) is 1. The lowest BCUT2D eigenvalue weighted by atomic mass is 9.95. The molecule has 3 heteroatoms. The Hall–Kier alpha value is -0.830. The summed E-state index contributed by atoms with van der Waals surface area (Å²) in [6, 6.07) is 0.550. The molecule has 0 spiro atoms. The van der Waals surface area contributed by atoms with Crippen molar-refractivity contribution in [1.82, 2.24) is 10.2 Å². The predicted molar refractivity (Wildman–Crippen MR) is 74.4 cm³/mol. The first-order valence-corrected chi connectivity index (χ1v) is 7.42. The van der Waals surface area contributed by atoms with Crippen LogP contribution in [0.4, 0.5) is 0 Å². The summed E-state index contributed by atoms with van der Waals surface area (Å²) in [4.78, 5) is 13.5. The quantitative estimate of drug-likeness (QED) is 0.777. The number of allylic oxidation sites excluding steroid dienone is 1. The number of carbonyl (C=O) groups is 1. The molecular formula is C15H26N2O. The van der Waals surface area contributed by atoms with Crippen molar-refractivity contribution in [2.45, 2.75) is 57.9 Å². The van der Waals surface area contributed by atoms with Crippen molar-refractivity contribution >= 4 is 5.91 Å². The topological polar surface area (TPSA) is 32.3 Å². The summed E-state index contributed by atoms with van der Waals surface area (Å²) >= 11 is 0. The minimum Gasteiger partial charge on any atom is -0.355 e. The summed E-state index contributed by atoms with van der Waals surface area (Å²) < 4.78 is 0. The Balaban J connectivity index is 1.78. The van der Waals surface area contributed by atoms with Gasteiger partial charge in [-0.05, 0) is 45.1 Å². The van der Waals surface area contributed by atoms with Crippen LogP contribution in [0, 0.1) is 0 Å². The summed E-state index contributed by atoms with van der Waals surface area (Å²) in [5.74, 6) is 0.0903. The minimum atomic E-state index is 0.0903. The number of nitrogens with one attached hydrogen (secondary N) is 1. The van der Waals surface area contributed by atoms with E-state index in [9.17, 15) is 4.79 Å². The lowest BCUT2D eigenvalue weighted by Gasteiger charge is -2.24. The van der Waals surface area contributed by atoms with Crippen LogP contribution in [0.25, 0.3) is 0 Å². The van der Waals surface area contributed by atoms with E-state index in [1.807, 2.05) is 0 Å². The molecule has 18 heavy (non-hydrogen) atoms. The normalized spacial score (nSPS) is 25.2. The van der Waals surface area contributed by atoms with Gasteiger partial charge in [0, 0.05) is 26.1 Å². The highest BCUT2D eigenvalue weighted by molar-refractivity contribution is 5.72. The zero-order valence-electron chi connectivity index (χ0n) is 11.6. The lowest BCUT2D eigenvalue weighted by molar-refractivity contribution is -0.119. The van der Waals surface area contributed by atoms with Crippen molar-refractivity contribution in [2.24, 2.45) is 0 Å². The molecule has 0 aromatic heterocycles. The predicted octanol–water partition coefficient (Wildman–Crippen LogP) is 2.48. The number of likely N-dealkylation sites (tertiary alicyclic amines) is 1. The monoisotopic (exact) mass is 250 g/mol. The summed E-state index contributed by atoms with van der Waals surface area (Å²) in [6.07, 6.45) is 11.7. The molecule has 2 fully saturated rings. The molecule has 1 amide bonds. The van der Waals surface area contributed by atoms with Gasteiger partial charge in [-0.3, -0.25) is 9.69 Å². The number of hydrogen-bond donors (Lipinski definition) is 1. The molecular weight excluding hydrogens is 224 g/mol. The van der Waals surface area contributed by atoms with Crippen molar-refractivity contribution in [3.05, 3.63) is 11.6 Å². The smallest absolute Gasteiger partial charge is 0.216 e. The van der Waals surface area contributed by atoms with Gasteiger partial charge in [0.1, 0.15) is 0 Å². The number of amides is 1. The minimum absolute atomic E-state index is 0.0903. The zero-order chi connectivity index (χ0) is 12.8. The molecule has 102 valence electrons. The van der Waals surface area contributed by atoms with Crippen molar-refractivity contribution in [3.63, 3.8) is 0 Å². The Morgan fingerprint density at radius 1 is 1.33 bits per heavy atom. The molecule has 0 aromatic rings. The van der Waals surface area contributed by atoms with E-state index in [1.165, 1.54) is 51.5 Å². The summed E-state index contributed by atoms with van der Waals surface area (Å²) in [6.45, 7) is 4.69. The van der Waals surface area contributed by atoms with Gasteiger partial charge in [-0.15, -0.1) is 0 Å². The fraction of sp³-hybridized carbons (Fsp3) is 0.800. The largest absolute Gasteiger partial charge is 0.355 e. The standard InChI is InChI=1S/C15H26N2O/c1-13(18)16-12-15-8-5-10-17(15)11-9-14-6-3-2-4-7-14/h9,15H,2-8,10-12H2,1H3,(H,16,18)/t15-/m1/s1. The Morgan fingerprint density at radius 2 is 2.11 bits per heavy atom. The maximum atomic E-state index is 11.0. The second kappa shape index (κ2) is 6.93. The van der Waals surface area contributed by atoms with Crippen LogP contribution in [0.1, 0.15) is 51.9 Å². The first-order valence-electron chi connectivity index (χ1n) is 7.42. The average molecular weight is 250 g/mol. The molecule has 1 aliphatic carbocycles. The first kappa shape index (κ1) is 13.6. The van der Waals surface area contributed by atoms with Gasteiger partial charge in [-0.1, -0.05) is 18.1 Å². The number of hydrogen-bond acceptors (Lipinski definition) is 2. The van der Waals surface area contributed by atoms with Crippen LogP contribution in [0.3, 0.4) is 0 Å². The van der Waals surface area contributed by atoms with Gasteiger partial charge in [0.25, 0.3) is 0 Å². The molecule has 1 saturated carbocycles. The van der Waals surface area contributed by atoms with Crippen LogP contribution in [0.5, 0.6) is 0 Å². The third-order valence-corrected chi connectivity index (χ3v) is 4.20. The third-order valence-electron chi connectivity index (χ3n) is 4.20. The Kier molecular flexibility index (Phi) is 5.24. The van der Waals surface area contributed by atoms with E-state index in [0.717, 1.165) is 13.1 Å². The fourth-order valence-corrected chi connectivity index (χ4v) is 3.08. The van der Waals surface area contributed by atoms with Crippen LogP contribution in [-0.4, -0.2) is 36.5 Å². The zero-order valence-corrected chi connectivity index (χ0v) is 11.6. The molecule has 0 aromatic carbocycles. The second-order valence-corrected chi connectivity index (χ2v) is 5.65. The number of rotatable bonds is 4. The molecule has 0 radical (unpaired) electrons. The summed E-state index contributed by atoms with van der Waals surface area (Å²) in [5.41, 5.74) is 1.66. The van der Waals surface area contributed by atoms with E-state index < -0.39 is 0 Å². The SMILES string of the molecule is CC(=O)NC[C@H]1CCCN1CC=C1CCCCC1. The highest BCUT2D eigenvalue weighted by Gasteiger charge is 2.23. The van der Waals surface area contributed by atoms with Crippen LogP contribution in [-0.2, 0) is 4.79 Å². The molecule has 1 aliphatic heterocycles. The summed E-state index contributed by atoms with van der Waals surface area (Å²) in [7, 11) is 0. The van der Waals surface area contributed by atoms with E-state index in [2.05, 4.69) is 16.3 Å². The maximum Gasteiger partial charge on any atom is 0.216 e. The molecule has 0 bridgehead atoms. The van der Waals surface area contributed by atoms with Gasteiger partial charge in [0.2, 0.25) is 5.91 Å². The van der Waals surface area contributed by atoms with E-state index in [1.54, 1.807) is 12.5 Å². The number of carbonyl (C=O) groups excluding carboxylic acids is 1. The molecule has 2 rings (SSSR count). The second-order valence-electron chi connectivity index (χ2n) is 5.65. The third kappa shape index (κ3) is 4.13. The molecule has 1 saturated heterocycles. The van der Waals surface area contributed by atoms with E-state index in [4.69, 9.17) is 0 Å². The van der Waals surface area contributed by atoms with Gasteiger partial charge in [0.05, 0.1) is 0 Å². The Labute approximate surface area is 111 Å². The van der Waals surface area contributed by atoms with Crippen LogP contribution < -0.4 is 5.32 Å². The van der Waals surface area contributed by atoms with Gasteiger partial charge in [-0.2, -0.15) is 0 Å². The molecule has 1 heterocycles. The molecule has 1 atom stereocenters. The Morgan fingerprint density at radius 3 is 2.83 bits per heavy atom. The van der Waals surface area contributed by atoms with Crippen molar-refractivity contribution in [2.75, 3.05) is 19.6 Å². The average Bonchev–Trinajstić information content (AvgIpc) is 2.82. The van der Waals surface area contributed by atoms with Crippen molar-refractivity contribution in [3.8, 4) is 0 Å². The van der Waals surface area contributed by atoms with E-state index in [-0.39, 0.29) is 5.91 Å². The van der Waals surface area contributed by atoms with Gasteiger partial charge < -0.3 is 5.32 Å².